The van der Waals surface area contributed by atoms with Gasteiger partial charge >= 0.3 is 0 Å². The normalized spacial score (nSPS) is 21.7. The largest absolute Gasteiger partial charge is 0.336 e. The molecule has 0 bridgehead atoms. The smallest absolute Gasteiger partial charge is 0.274 e. The third-order valence-electron chi connectivity index (χ3n) is 3.83. The maximum Gasteiger partial charge on any atom is 0.274 e. The minimum atomic E-state index is -3.14. The molecule has 1 saturated heterocycles. The fourth-order valence-electron chi connectivity index (χ4n) is 2.23. The zero-order valence-corrected chi connectivity index (χ0v) is 14.5. The second-order valence-electron chi connectivity index (χ2n) is 5.84. The molecule has 6 nitrogen and oxygen atoms in total. The first-order chi connectivity index (χ1) is 10.2. The molecule has 0 aliphatic carbocycles. The summed E-state index contributed by atoms with van der Waals surface area (Å²) in [6, 6.07) is 0. The number of halogens is 1. The average Bonchev–Trinajstić information content (AvgIpc) is 2.58. The number of amides is 1. The van der Waals surface area contributed by atoms with Crippen molar-refractivity contribution in [3.63, 3.8) is 0 Å². The molecule has 8 heteroatoms. The van der Waals surface area contributed by atoms with Crippen LogP contribution in [0.25, 0.3) is 0 Å². The van der Waals surface area contributed by atoms with Crippen molar-refractivity contribution in [3.8, 4) is 0 Å². The molecule has 0 aromatic carbocycles. The fraction of sp³-hybridized carbons (Fsp3) is 0.643. The van der Waals surface area contributed by atoms with Gasteiger partial charge in [0.05, 0.1) is 22.2 Å². The average molecular weight is 346 g/mol. The van der Waals surface area contributed by atoms with E-state index in [1.807, 2.05) is 13.8 Å². The molecular formula is C14H20ClN3O3S. The second-order valence-corrected chi connectivity index (χ2v) is 8.78. The van der Waals surface area contributed by atoms with Gasteiger partial charge < -0.3 is 4.90 Å². The van der Waals surface area contributed by atoms with Crippen LogP contribution in [0.3, 0.4) is 0 Å². The van der Waals surface area contributed by atoms with Crippen molar-refractivity contribution in [2.75, 3.05) is 18.8 Å². The van der Waals surface area contributed by atoms with Gasteiger partial charge in [0.25, 0.3) is 5.91 Å². The van der Waals surface area contributed by atoms with Crippen LogP contribution >= 0.6 is 11.6 Å². The van der Waals surface area contributed by atoms with Gasteiger partial charge in [-0.2, -0.15) is 0 Å². The van der Waals surface area contributed by atoms with Crippen LogP contribution in [0, 0.1) is 0 Å². The Morgan fingerprint density at radius 1 is 1.41 bits per heavy atom. The number of hydrogen-bond donors (Lipinski definition) is 0. The summed E-state index contributed by atoms with van der Waals surface area (Å²) in [5.74, 6) is 0.259. The Kier molecular flexibility index (Phi) is 5.07. The van der Waals surface area contributed by atoms with Crippen LogP contribution in [0.1, 0.15) is 49.4 Å². The molecule has 1 aromatic rings. The van der Waals surface area contributed by atoms with Crippen molar-refractivity contribution in [3.05, 3.63) is 22.7 Å². The van der Waals surface area contributed by atoms with E-state index in [2.05, 4.69) is 9.97 Å². The topological polar surface area (TPSA) is 80.2 Å². The minimum Gasteiger partial charge on any atom is -0.336 e. The van der Waals surface area contributed by atoms with E-state index < -0.39 is 15.1 Å². The van der Waals surface area contributed by atoms with E-state index in [1.54, 1.807) is 6.92 Å². The molecule has 2 rings (SSSR count). The van der Waals surface area contributed by atoms with Crippen molar-refractivity contribution < 1.29 is 13.2 Å². The third-order valence-corrected chi connectivity index (χ3v) is 6.32. The number of nitrogens with zero attached hydrogens (tertiary/aromatic N) is 3. The molecule has 22 heavy (non-hydrogen) atoms. The molecule has 1 fully saturated rings. The van der Waals surface area contributed by atoms with E-state index >= 15 is 0 Å². The maximum atomic E-state index is 12.6. The Balaban J connectivity index is 2.27. The lowest BCUT2D eigenvalue weighted by Crippen LogP contribution is -2.34. The van der Waals surface area contributed by atoms with Crippen LogP contribution in [0.15, 0.2) is 6.20 Å². The fourth-order valence-corrected chi connectivity index (χ4v) is 3.74. The molecular weight excluding hydrogens is 326 g/mol. The Morgan fingerprint density at radius 2 is 2.09 bits per heavy atom. The molecule has 0 radical (unpaired) electrons. The Hall–Kier alpha value is -1.21. The van der Waals surface area contributed by atoms with Crippen molar-refractivity contribution in [2.45, 2.75) is 38.4 Å². The van der Waals surface area contributed by atoms with Crippen LogP contribution in [-0.2, 0) is 9.84 Å². The van der Waals surface area contributed by atoms with Gasteiger partial charge in [0, 0.05) is 19.0 Å². The van der Waals surface area contributed by atoms with E-state index in [4.69, 9.17) is 11.6 Å². The van der Waals surface area contributed by atoms with Gasteiger partial charge in [-0.3, -0.25) is 4.79 Å². The standard InChI is InChI=1S/C14H20ClN3O3S/c1-9(2)13-16-8-11(15)12(17-13)14(19)18-5-4-10(3)22(20,21)7-6-18/h8-10H,4-7H2,1-3H3/t10-/m1/s1. The highest BCUT2D eigenvalue weighted by Gasteiger charge is 2.30. The summed E-state index contributed by atoms with van der Waals surface area (Å²) in [5.41, 5.74) is 0.146. The summed E-state index contributed by atoms with van der Waals surface area (Å²) in [7, 11) is -3.14. The first-order valence-electron chi connectivity index (χ1n) is 7.25. The summed E-state index contributed by atoms with van der Waals surface area (Å²) in [6.07, 6.45) is 1.85. The lowest BCUT2D eigenvalue weighted by molar-refractivity contribution is 0.0760. The Morgan fingerprint density at radius 3 is 2.73 bits per heavy atom. The highest BCUT2D eigenvalue weighted by molar-refractivity contribution is 7.92. The van der Waals surface area contributed by atoms with Gasteiger partial charge in [0.2, 0.25) is 0 Å². The third kappa shape index (κ3) is 3.57. The van der Waals surface area contributed by atoms with Gasteiger partial charge in [-0.1, -0.05) is 25.4 Å². The zero-order chi connectivity index (χ0) is 16.5. The highest BCUT2D eigenvalue weighted by atomic mass is 35.5. The van der Waals surface area contributed by atoms with E-state index in [-0.39, 0.29) is 34.8 Å². The van der Waals surface area contributed by atoms with E-state index in [0.717, 1.165) is 0 Å². The lowest BCUT2D eigenvalue weighted by atomic mass is 10.2. The van der Waals surface area contributed by atoms with Gasteiger partial charge in [-0.05, 0) is 13.3 Å². The number of carbonyl (C=O) groups is 1. The van der Waals surface area contributed by atoms with Crippen molar-refractivity contribution in [1.82, 2.24) is 14.9 Å². The van der Waals surface area contributed by atoms with E-state index in [0.29, 0.717) is 18.8 Å². The number of carbonyl (C=O) groups excluding carboxylic acids is 1. The summed E-state index contributed by atoms with van der Waals surface area (Å²) in [6.45, 7) is 6.09. The van der Waals surface area contributed by atoms with Crippen LogP contribution in [0.4, 0.5) is 0 Å². The highest BCUT2D eigenvalue weighted by Crippen LogP contribution is 2.20. The molecule has 1 amide bonds. The van der Waals surface area contributed by atoms with Crippen molar-refractivity contribution in [1.29, 1.82) is 0 Å². The maximum absolute atomic E-state index is 12.6. The molecule has 1 aliphatic heterocycles. The Labute approximate surface area is 135 Å². The SMILES string of the molecule is CC(C)c1ncc(Cl)c(C(=O)N2CC[C@@H](C)S(=O)(=O)CC2)n1. The zero-order valence-electron chi connectivity index (χ0n) is 12.9. The van der Waals surface area contributed by atoms with Gasteiger partial charge in [-0.15, -0.1) is 0 Å². The summed E-state index contributed by atoms with van der Waals surface area (Å²) >= 11 is 6.05. The van der Waals surface area contributed by atoms with Crippen molar-refractivity contribution >= 4 is 27.3 Å². The minimum absolute atomic E-state index is 0.0281. The first-order valence-corrected chi connectivity index (χ1v) is 9.35. The molecule has 1 aliphatic rings. The number of rotatable bonds is 2. The lowest BCUT2D eigenvalue weighted by Gasteiger charge is -2.20. The number of hydrogen-bond acceptors (Lipinski definition) is 5. The van der Waals surface area contributed by atoms with Gasteiger partial charge in [0.15, 0.2) is 15.5 Å². The number of aromatic nitrogens is 2. The van der Waals surface area contributed by atoms with E-state index in [9.17, 15) is 13.2 Å². The van der Waals surface area contributed by atoms with Crippen molar-refractivity contribution in [2.24, 2.45) is 0 Å². The summed E-state index contributed by atoms with van der Waals surface area (Å²) in [4.78, 5) is 22.5. The van der Waals surface area contributed by atoms with Crippen LogP contribution in [0.5, 0.6) is 0 Å². The molecule has 1 aromatic heterocycles. The monoisotopic (exact) mass is 345 g/mol. The first kappa shape index (κ1) is 17.1. The number of sulfone groups is 1. The second kappa shape index (κ2) is 6.50. The Bertz CT molecular complexity index is 676. The van der Waals surface area contributed by atoms with Crippen LogP contribution in [-0.4, -0.2) is 53.3 Å². The molecule has 0 spiro atoms. The van der Waals surface area contributed by atoms with Crippen LogP contribution < -0.4 is 0 Å². The van der Waals surface area contributed by atoms with Gasteiger partial charge in [-0.25, -0.2) is 18.4 Å². The predicted molar refractivity (Wildman–Crippen MR) is 84.9 cm³/mol. The molecule has 122 valence electrons. The quantitative estimate of drug-likeness (QED) is 0.817. The molecule has 1 atom stereocenters. The van der Waals surface area contributed by atoms with E-state index in [1.165, 1.54) is 11.1 Å². The summed E-state index contributed by atoms with van der Waals surface area (Å²) in [5, 5.41) is -0.244. The van der Waals surface area contributed by atoms with Gasteiger partial charge in [0.1, 0.15) is 5.82 Å². The summed E-state index contributed by atoms with van der Waals surface area (Å²) < 4.78 is 23.9. The van der Waals surface area contributed by atoms with Crippen LogP contribution in [0.2, 0.25) is 5.02 Å². The molecule has 0 N–H and O–H groups in total. The molecule has 0 unspecified atom stereocenters. The molecule has 2 heterocycles. The molecule has 0 saturated carbocycles. The predicted octanol–water partition coefficient (Wildman–Crippen LogP) is 1.90.